The molecule has 2 aliphatic rings. The van der Waals surface area contributed by atoms with Crippen LogP contribution in [0.1, 0.15) is 64.7 Å². The molecule has 0 atom stereocenters. The summed E-state index contributed by atoms with van der Waals surface area (Å²) in [7, 11) is 0. The van der Waals surface area contributed by atoms with Crippen LogP contribution in [0.5, 0.6) is 0 Å². The molecule has 74 valence electrons. The summed E-state index contributed by atoms with van der Waals surface area (Å²) >= 11 is 0. The van der Waals surface area contributed by atoms with Crippen molar-refractivity contribution in [2.75, 3.05) is 0 Å². The van der Waals surface area contributed by atoms with E-state index < -0.39 is 0 Å². The Morgan fingerprint density at radius 3 is 2.69 bits per heavy atom. The molecule has 2 aliphatic carbocycles. The standard InChI is InChI=1S/C13H22/c1-2-3-5-8-12-11-13(12)9-6-4-7-10-13/h8H,2-7,9-11H2,1H3. The van der Waals surface area contributed by atoms with E-state index in [0.29, 0.717) is 0 Å². The van der Waals surface area contributed by atoms with Gasteiger partial charge in [0.25, 0.3) is 0 Å². The van der Waals surface area contributed by atoms with Crippen LogP contribution in [0.2, 0.25) is 0 Å². The molecule has 0 amide bonds. The average molecular weight is 178 g/mol. The van der Waals surface area contributed by atoms with E-state index in [1.54, 1.807) is 0 Å². The Morgan fingerprint density at radius 1 is 1.23 bits per heavy atom. The summed E-state index contributed by atoms with van der Waals surface area (Å²) in [5.74, 6) is 0. The maximum atomic E-state index is 2.55. The highest BCUT2D eigenvalue weighted by Crippen LogP contribution is 2.61. The van der Waals surface area contributed by atoms with E-state index >= 15 is 0 Å². The van der Waals surface area contributed by atoms with Crippen molar-refractivity contribution >= 4 is 0 Å². The van der Waals surface area contributed by atoms with Crippen molar-refractivity contribution in [3.8, 4) is 0 Å². The van der Waals surface area contributed by atoms with Crippen molar-refractivity contribution in [2.24, 2.45) is 5.41 Å². The average Bonchev–Trinajstić information content (AvgIpc) is 2.80. The fourth-order valence-electron chi connectivity index (χ4n) is 2.82. The Hall–Kier alpha value is -0.260. The highest BCUT2D eigenvalue weighted by molar-refractivity contribution is 5.32. The summed E-state index contributed by atoms with van der Waals surface area (Å²) in [4.78, 5) is 0. The summed E-state index contributed by atoms with van der Waals surface area (Å²) in [6.07, 6.45) is 15.6. The Morgan fingerprint density at radius 2 is 2.00 bits per heavy atom. The Bertz CT molecular complexity index is 194. The molecule has 0 N–H and O–H groups in total. The van der Waals surface area contributed by atoms with Crippen LogP contribution in [0.15, 0.2) is 11.6 Å². The van der Waals surface area contributed by atoms with Crippen molar-refractivity contribution in [3.05, 3.63) is 11.6 Å². The Kier molecular flexibility index (Phi) is 2.76. The molecule has 0 heteroatoms. The molecule has 0 aromatic rings. The zero-order valence-corrected chi connectivity index (χ0v) is 8.94. The van der Waals surface area contributed by atoms with Gasteiger partial charge in [-0.25, -0.2) is 0 Å². The molecule has 0 aliphatic heterocycles. The topological polar surface area (TPSA) is 0 Å². The van der Waals surface area contributed by atoms with Gasteiger partial charge in [0, 0.05) is 0 Å². The zero-order valence-electron chi connectivity index (χ0n) is 8.94. The largest absolute Gasteiger partial charge is 0.0847 e. The molecule has 0 saturated heterocycles. The van der Waals surface area contributed by atoms with Gasteiger partial charge < -0.3 is 0 Å². The molecule has 0 aromatic heterocycles. The quantitative estimate of drug-likeness (QED) is 0.442. The third-order valence-corrected chi connectivity index (χ3v) is 3.84. The smallest absolute Gasteiger partial charge is 0.00504 e. The predicted octanol–water partition coefficient (Wildman–Crippen LogP) is 4.46. The van der Waals surface area contributed by atoms with Crippen molar-refractivity contribution < 1.29 is 0 Å². The minimum atomic E-state index is 0.756. The first-order chi connectivity index (χ1) is 6.37. The fourth-order valence-corrected chi connectivity index (χ4v) is 2.82. The third kappa shape index (κ3) is 1.98. The molecule has 0 unspecified atom stereocenters. The van der Waals surface area contributed by atoms with E-state index in [9.17, 15) is 0 Å². The lowest BCUT2D eigenvalue weighted by molar-refractivity contribution is 0.353. The second-order valence-corrected chi connectivity index (χ2v) is 4.89. The molecule has 0 bridgehead atoms. The van der Waals surface area contributed by atoms with Crippen LogP contribution in [-0.4, -0.2) is 0 Å². The third-order valence-electron chi connectivity index (χ3n) is 3.84. The fraction of sp³-hybridized carbons (Fsp3) is 0.846. The number of allylic oxidation sites excluding steroid dienone is 2. The second-order valence-electron chi connectivity index (χ2n) is 4.89. The normalized spacial score (nSPS) is 28.2. The maximum absolute atomic E-state index is 2.55. The Balaban J connectivity index is 1.81. The first kappa shape index (κ1) is 9.30. The number of unbranched alkanes of at least 4 members (excludes halogenated alkanes) is 2. The van der Waals surface area contributed by atoms with E-state index in [2.05, 4.69) is 13.0 Å². The van der Waals surface area contributed by atoms with E-state index in [4.69, 9.17) is 0 Å². The molecule has 0 aromatic carbocycles. The maximum Gasteiger partial charge on any atom is -0.00504 e. The molecular formula is C13H22. The summed E-state index contributed by atoms with van der Waals surface area (Å²) in [6, 6.07) is 0. The minimum Gasteiger partial charge on any atom is -0.0847 e. The molecule has 1 spiro atoms. The van der Waals surface area contributed by atoms with Gasteiger partial charge in [-0.1, -0.05) is 50.7 Å². The van der Waals surface area contributed by atoms with Gasteiger partial charge >= 0.3 is 0 Å². The lowest BCUT2D eigenvalue weighted by atomic mass is 9.85. The van der Waals surface area contributed by atoms with Gasteiger partial charge in [-0.3, -0.25) is 0 Å². The van der Waals surface area contributed by atoms with Gasteiger partial charge in [0.2, 0.25) is 0 Å². The van der Waals surface area contributed by atoms with Crippen molar-refractivity contribution in [1.29, 1.82) is 0 Å². The summed E-state index contributed by atoms with van der Waals surface area (Å²) in [5.41, 5.74) is 2.58. The highest BCUT2D eigenvalue weighted by Gasteiger charge is 2.47. The van der Waals surface area contributed by atoms with Gasteiger partial charge in [0.15, 0.2) is 0 Å². The van der Waals surface area contributed by atoms with Crippen molar-refractivity contribution in [1.82, 2.24) is 0 Å². The highest BCUT2D eigenvalue weighted by atomic mass is 14.5. The molecular weight excluding hydrogens is 156 g/mol. The number of rotatable bonds is 3. The first-order valence-electron chi connectivity index (χ1n) is 6.07. The monoisotopic (exact) mass is 178 g/mol. The Labute approximate surface area is 82.4 Å². The van der Waals surface area contributed by atoms with Crippen LogP contribution in [-0.2, 0) is 0 Å². The lowest BCUT2D eigenvalue weighted by Gasteiger charge is -2.19. The lowest BCUT2D eigenvalue weighted by Crippen LogP contribution is -2.06. The molecule has 2 fully saturated rings. The van der Waals surface area contributed by atoms with Crippen molar-refractivity contribution in [2.45, 2.75) is 64.7 Å². The van der Waals surface area contributed by atoms with Gasteiger partial charge in [0.05, 0.1) is 0 Å². The van der Waals surface area contributed by atoms with E-state index in [1.807, 2.05) is 5.57 Å². The van der Waals surface area contributed by atoms with Crippen LogP contribution >= 0.6 is 0 Å². The predicted molar refractivity (Wildman–Crippen MR) is 57.7 cm³/mol. The van der Waals surface area contributed by atoms with Gasteiger partial charge in [-0.15, -0.1) is 0 Å². The molecule has 0 radical (unpaired) electrons. The van der Waals surface area contributed by atoms with E-state index in [1.165, 1.54) is 57.8 Å². The van der Waals surface area contributed by atoms with Crippen LogP contribution in [0.3, 0.4) is 0 Å². The van der Waals surface area contributed by atoms with Crippen LogP contribution in [0.4, 0.5) is 0 Å². The summed E-state index contributed by atoms with van der Waals surface area (Å²) in [6.45, 7) is 2.28. The second kappa shape index (κ2) is 3.86. The van der Waals surface area contributed by atoms with Gasteiger partial charge in [-0.05, 0) is 31.1 Å². The van der Waals surface area contributed by atoms with Crippen LogP contribution in [0.25, 0.3) is 0 Å². The van der Waals surface area contributed by atoms with Gasteiger partial charge in [0.1, 0.15) is 0 Å². The first-order valence-corrected chi connectivity index (χ1v) is 6.07. The van der Waals surface area contributed by atoms with E-state index in [0.717, 1.165) is 5.41 Å². The molecule has 0 nitrogen and oxygen atoms in total. The zero-order chi connectivity index (χ0) is 9.15. The molecule has 13 heavy (non-hydrogen) atoms. The van der Waals surface area contributed by atoms with Crippen molar-refractivity contribution in [3.63, 3.8) is 0 Å². The SMILES string of the molecule is CCCCC=C1CC12CCCCC2. The van der Waals surface area contributed by atoms with Gasteiger partial charge in [-0.2, -0.15) is 0 Å². The molecule has 2 saturated carbocycles. The minimum absolute atomic E-state index is 0.756. The molecule has 0 heterocycles. The molecule has 2 rings (SSSR count). The van der Waals surface area contributed by atoms with Crippen LogP contribution < -0.4 is 0 Å². The van der Waals surface area contributed by atoms with Crippen LogP contribution in [0, 0.1) is 5.41 Å². The summed E-state index contributed by atoms with van der Waals surface area (Å²) < 4.78 is 0. The summed E-state index contributed by atoms with van der Waals surface area (Å²) in [5, 5.41) is 0. The number of hydrogen-bond donors (Lipinski definition) is 0. The number of hydrogen-bond acceptors (Lipinski definition) is 0. The van der Waals surface area contributed by atoms with E-state index in [-0.39, 0.29) is 0 Å².